The SMILES string of the molecule is CCC(CC)CC(CN)(CO)c1ccc(F)cc1. The largest absolute Gasteiger partial charge is 0.395 e. The molecule has 3 heteroatoms. The van der Waals surface area contributed by atoms with E-state index in [9.17, 15) is 9.50 Å². The van der Waals surface area contributed by atoms with Crippen molar-refractivity contribution in [3.8, 4) is 0 Å². The van der Waals surface area contributed by atoms with Crippen LogP contribution in [0.4, 0.5) is 4.39 Å². The highest BCUT2D eigenvalue weighted by Gasteiger charge is 2.32. The number of halogens is 1. The van der Waals surface area contributed by atoms with Crippen LogP contribution in [0.1, 0.15) is 38.7 Å². The second-order valence-corrected chi connectivity index (χ2v) is 5.04. The van der Waals surface area contributed by atoms with Gasteiger partial charge in [-0.2, -0.15) is 0 Å². The minimum absolute atomic E-state index is 0.00559. The van der Waals surface area contributed by atoms with Gasteiger partial charge in [0, 0.05) is 12.0 Å². The normalized spacial score (nSPS) is 14.8. The van der Waals surface area contributed by atoms with Crippen molar-refractivity contribution in [2.24, 2.45) is 11.7 Å². The zero-order valence-electron chi connectivity index (χ0n) is 11.3. The summed E-state index contributed by atoms with van der Waals surface area (Å²) in [5.41, 5.74) is 6.38. The predicted octanol–water partition coefficient (Wildman–Crippen LogP) is 2.84. The minimum Gasteiger partial charge on any atom is -0.395 e. The lowest BCUT2D eigenvalue weighted by Gasteiger charge is -2.34. The molecule has 0 aliphatic carbocycles. The molecule has 0 heterocycles. The molecule has 0 aliphatic heterocycles. The Bertz CT molecular complexity index is 342. The van der Waals surface area contributed by atoms with Crippen LogP contribution in [0.2, 0.25) is 0 Å². The molecule has 0 spiro atoms. The zero-order chi connectivity index (χ0) is 13.6. The zero-order valence-corrected chi connectivity index (χ0v) is 11.3. The van der Waals surface area contributed by atoms with Gasteiger partial charge in [-0.05, 0) is 30.0 Å². The van der Waals surface area contributed by atoms with E-state index in [1.165, 1.54) is 12.1 Å². The lowest BCUT2D eigenvalue weighted by atomic mass is 9.73. The molecule has 1 aromatic carbocycles. The van der Waals surface area contributed by atoms with E-state index in [1.807, 2.05) is 0 Å². The van der Waals surface area contributed by atoms with Gasteiger partial charge in [-0.1, -0.05) is 38.8 Å². The molecule has 3 N–H and O–H groups in total. The fourth-order valence-electron chi connectivity index (χ4n) is 2.47. The van der Waals surface area contributed by atoms with Gasteiger partial charge in [-0.25, -0.2) is 4.39 Å². The van der Waals surface area contributed by atoms with E-state index >= 15 is 0 Å². The molecular formula is C15H24FNO. The Labute approximate surface area is 109 Å². The molecule has 1 atom stereocenters. The summed E-state index contributed by atoms with van der Waals surface area (Å²) in [7, 11) is 0. The van der Waals surface area contributed by atoms with Gasteiger partial charge in [0.15, 0.2) is 0 Å². The van der Waals surface area contributed by atoms with Crippen LogP contribution in [0.5, 0.6) is 0 Å². The number of rotatable bonds is 7. The van der Waals surface area contributed by atoms with Crippen LogP contribution < -0.4 is 5.73 Å². The van der Waals surface area contributed by atoms with Crippen molar-refractivity contribution in [2.45, 2.75) is 38.5 Å². The highest BCUT2D eigenvalue weighted by Crippen LogP contribution is 2.32. The van der Waals surface area contributed by atoms with Gasteiger partial charge >= 0.3 is 0 Å². The van der Waals surface area contributed by atoms with Crippen molar-refractivity contribution in [1.29, 1.82) is 0 Å². The summed E-state index contributed by atoms with van der Waals surface area (Å²) in [5, 5.41) is 9.77. The number of hydrogen-bond donors (Lipinski definition) is 2. The van der Waals surface area contributed by atoms with Gasteiger partial charge in [-0.3, -0.25) is 0 Å². The lowest BCUT2D eigenvalue weighted by Crippen LogP contribution is -2.40. The second kappa shape index (κ2) is 6.86. The molecule has 0 radical (unpaired) electrons. The molecule has 0 saturated heterocycles. The van der Waals surface area contributed by atoms with Crippen molar-refractivity contribution < 1.29 is 9.50 Å². The molecular weight excluding hydrogens is 229 g/mol. The smallest absolute Gasteiger partial charge is 0.123 e. The maximum Gasteiger partial charge on any atom is 0.123 e. The Morgan fingerprint density at radius 3 is 2.17 bits per heavy atom. The van der Waals surface area contributed by atoms with Gasteiger partial charge in [-0.15, -0.1) is 0 Å². The first-order valence-electron chi connectivity index (χ1n) is 6.68. The third-order valence-electron chi connectivity index (χ3n) is 3.98. The topological polar surface area (TPSA) is 46.2 Å². The highest BCUT2D eigenvalue weighted by molar-refractivity contribution is 5.27. The first-order chi connectivity index (χ1) is 8.61. The molecule has 0 bridgehead atoms. The Morgan fingerprint density at radius 1 is 1.22 bits per heavy atom. The molecule has 0 saturated carbocycles. The first-order valence-corrected chi connectivity index (χ1v) is 6.68. The average molecular weight is 253 g/mol. The molecule has 0 aliphatic rings. The summed E-state index contributed by atoms with van der Waals surface area (Å²) in [6.45, 7) is 4.69. The van der Waals surface area contributed by atoms with Crippen LogP contribution in [0.15, 0.2) is 24.3 Å². The Balaban J connectivity index is 3.02. The maximum atomic E-state index is 13.0. The third kappa shape index (κ3) is 3.30. The Hall–Kier alpha value is -0.930. The molecule has 0 fully saturated rings. The number of aliphatic hydroxyl groups excluding tert-OH is 1. The highest BCUT2D eigenvalue weighted by atomic mass is 19.1. The summed E-state index contributed by atoms with van der Waals surface area (Å²) >= 11 is 0. The predicted molar refractivity (Wildman–Crippen MR) is 72.9 cm³/mol. The average Bonchev–Trinajstić information content (AvgIpc) is 2.42. The number of nitrogens with two attached hydrogens (primary N) is 1. The van der Waals surface area contributed by atoms with Gasteiger partial charge in [0.1, 0.15) is 5.82 Å². The van der Waals surface area contributed by atoms with Crippen molar-refractivity contribution in [1.82, 2.24) is 0 Å². The van der Waals surface area contributed by atoms with E-state index in [0.29, 0.717) is 12.5 Å². The standard InChI is InChI=1S/C15H24FNO/c1-3-12(4-2)9-15(10-17,11-18)13-5-7-14(16)8-6-13/h5-8,12,18H,3-4,9-11,17H2,1-2H3. The minimum atomic E-state index is -0.440. The molecule has 1 rings (SSSR count). The van der Waals surface area contributed by atoms with Crippen LogP contribution in [-0.4, -0.2) is 18.3 Å². The Kier molecular flexibility index (Phi) is 5.76. The molecule has 0 aromatic heterocycles. The van der Waals surface area contributed by atoms with E-state index in [0.717, 1.165) is 24.8 Å². The van der Waals surface area contributed by atoms with Crippen molar-refractivity contribution in [2.75, 3.05) is 13.2 Å². The van der Waals surface area contributed by atoms with Crippen molar-refractivity contribution in [3.05, 3.63) is 35.6 Å². The van der Waals surface area contributed by atoms with E-state index in [2.05, 4.69) is 13.8 Å². The second-order valence-electron chi connectivity index (χ2n) is 5.04. The van der Waals surface area contributed by atoms with Crippen LogP contribution in [-0.2, 0) is 5.41 Å². The quantitative estimate of drug-likeness (QED) is 0.785. The number of aliphatic hydroxyl groups is 1. The summed E-state index contributed by atoms with van der Waals surface area (Å²) in [6, 6.07) is 6.34. The van der Waals surface area contributed by atoms with Crippen molar-refractivity contribution in [3.63, 3.8) is 0 Å². The summed E-state index contributed by atoms with van der Waals surface area (Å²) < 4.78 is 13.0. The monoisotopic (exact) mass is 253 g/mol. The lowest BCUT2D eigenvalue weighted by molar-refractivity contribution is 0.165. The summed E-state index contributed by atoms with van der Waals surface area (Å²) in [6.07, 6.45) is 2.98. The van der Waals surface area contributed by atoms with E-state index in [1.54, 1.807) is 12.1 Å². The number of hydrogen-bond acceptors (Lipinski definition) is 2. The fourth-order valence-corrected chi connectivity index (χ4v) is 2.47. The maximum absolute atomic E-state index is 13.0. The molecule has 2 nitrogen and oxygen atoms in total. The first kappa shape index (κ1) is 15.1. The molecule has 102 valence electrons. The van der Waals surface area contributed by atoms with Crippen LogP contribution in [0, 0.1) is 11.7 Å². The van der Waals surface area contributed by atoms with Crippen molar-refractivity contribution >= 4 is 0 Å². The van der Waals surface area contributed by atoms with Crippen LogP contribution in [0.25, 0.3) is 0 Å². The summed E-state index contributed by atoms with van der Waals surface area (Å²) in [5.74, 6) is 0.274. The van der Waals surface area contributed by atoms with Crippen LogP contribution in [0.3, 0.4) is 0 Å². The Morgan fingerprint density at radius 2 is 1.78 bits per heavy atom. The van der Waals surface area contributed by atoms with Gasteiger partial charge in [0.05, 0.1) is 6.61 Å². The third-order valence-corrected chi connectivity index (χ3v) is 3.98. The molecule has 18 heavy (non-hydrogen) atoms. The fraction of sp³-hybridized carbons (Fsp3) is 0.600. The van der Waals surface area contributed by atoms with Gasteiger partial charge < -0.3 is 10.8 Å². The number of benzene rings is 1. The van der Waals surface area contributed by atoms with Gasteiger partial charge in [0.2, 0.25) is 0 Å². The van der Waals surface area contributed by atoms with E-state index < -0.39 is 5.41 Å². The molecule has 1 aromatic rings. The van der Waals surface area contributed by atoms with Crippen LogP contribution >= 0.6 is 0 Å². The van der Waals surface area contributed by atoms with Gasteiger partial charge in [0.25, 0.3) is 0 Å². The van der Waals surface area contributed by atoms with E-state index in [-0.39, 0.29) is 12.4 Å². The summed E-state index contributed by atoms with van der Waals surface area (Å²) in [4.78, 5) is 0. The molecule has 0 amide bonds. The van der Waals surface area contributed by atoms with E-state index in [4.69, 9.17) is 5.73 Å². The molecule has 1 unspecified atom stereocenters.